The number of anilines is 1. The van der Waals surface area contributed by atoms with Crippen LogP contribution in [-0.2, 0) is 0 Å². The highest BCUT2D eigenvalue weighted by Gasteiger charge is 2.20. The molecular weight excluding hydrogens is 298 g/mol. The number of aromatic nitrogens is 1. The maximum absolute atomic E-state index is 12.4. The van der Waals surface area contributed by atoms with Crippen molar-refractivity contribution >= 4 is 21.6 Å². The van der Waals surface area contributed by atoms with Gasteiger partial charge in [-0.25, -0.2) is 5.43 Å². The molecule has 1 aromatic heterocycles. The standard InChI is InChI=1S/C11H20BrN5O/c1-5(2)6(3)17-4-7(12)9(13)8(11(17)18)10(14)16-15/h4-6,10,16H,13-15H2,1-3H3/t6-,10?/m0/s1. The Morgan fingerprint density at radius 2 is 1.94 bits per heavy atom. The molecule has 0 aliphatic carbocycles. The van der Waals surface area contributed by atoms with Crippen molar-refractivity contribution in [3.05, 3.63) is 26.6 Å². The normalized spacial score (nSPS) is 14.8. The predicted octanol–water partition coefficient (Wildman–Crippen LogP) is 0.831. The van der Waals surface area contributed by atoms with Gasteiger partial charge in [-0.2, -0.15) is 0 Å². The summed E-state index contributed by atoms with van der Waals surface area (Å²) in [5.41, 5.74) is 14.4. The zero-order valence-electron chi connectivity index (χ0n) is 10.8. The Kier molecular flexibility index (Phi) is 4.92. The maximum atomic E-state index is 12.4. The summed E-state index contributed by atoms with van der Waals surface area (Å²) in [6.45, 7) is 6.06. The number of rotatable bonds is 4. The minimum Gasteiger partial charge on any atom is -0.397 e. The van der Waals surface area contributed by atoms with Crippen LogP contribution in [0.2, 0.25) is 0 Å². The molecule has 7 heteroatoms. The Labute approximate surface area is 115 Å². The van der Waals surface area contributed by atoms with Crippen LogP contribution in [-0.4, -0.2) is 4.57 Å². The quantitative estimate of drug-likeness (QED) is 0.373. The Morgan fingerprint density at radius 3 is 2.39 bits per heavy atom. The van der Waals surface area contributed by atoms with Crippen molar-refractivity contribution < 1.29 is 0 Å². The van der Waals surface area contributed by atoms with E-state index in [9.17, 15) is 4.79 Å². The van der Waals surface area contributed by atoms with Crippen LogP contribution >= 0.6 is 15.9 Å². The van der Waals surface area contributed by atoms with Crippen molar-refractivity contribution in [2.24, 2.45) is 17.5 Å². The van der Waals surface area contributed by atoms with Gasteiger partial charge in [-0.05, 0) is 28.8 Å². The minimum absolute atomic E-state index is 0.0399. The Hall–Kier alpha value is -0.890. The highest BCUT2D eigenvalue weighted by molar-refractivity contribution is 9.10. The van der Waals surface area contributed by atoms with Crippen LogP contribution in [0.5, 0.6) is 0 Å². The summed E-state index contributed by atoms with van der Waals surface area (Å²) in [5.74, 6) is 5.60. The van der Waals surface area contributed by atoms with Gasteiger partial charge in [-0.1, -0.05) is 13.8 Å². The molecule has 0 saturated heterocycles. The van der Waals surface area contributed by atoms with Crippen LogP contribution in [0.3, 0.4) is 0 Å². The van der Waals surface area contributed by atoms with Gasteiger partial charge in [0.2, 0.25) is 0 Å². The van der Waals surface area contributed by atoms with Crippen LogP contribution in [0.15, 0.2) is 15.5 Å². The van der Waals surface area contributed by atoms with E-state index in [0.29, 0.717) is 16.1 Å². The Bertz CT molecular complexity index is 485. The van der Waals surface area contributed by atoms with Crippen molar-refractivity contribution in [1.82, 2.24) is 9.99 Å². The molecule has 1 rings (SSSR count). The summed E-state index contributed by atoms with van der Waals surface area (Å²) in [4.78, 5) is 12.4. The number of hydrogen-bond acceptors (Lipinski definition) is 5. The molecule has 18 heavy (non-hydrogen) atoms. The fourth-order valence-corrected chi connectivity index (χ4v) is 2.08. The van der Waals surface area contributed by atoms with E-state index >= 15 is 0 Å². The molecule has 1 unspecified atom stereocenters. The number of halogens is 1. The van der Waals surface area contributed by atoms with Gasteiger partial charge in [0.05, 0.1) is 15.7 Å². The molecule has 1 heterocycles. The third-order valence-corrected chi connectivity index (χ3v) is 3.79. The molecule has 0 fully saturated rings. The van der Waals surface area contributed by atoms with Crippen molar-refractivity contribution in [3.63, 3.8) is 0 Å². The van der Waals surface area contributed by atoms with E-state index in [-0.39, 0.29) is 17.2 Å². The lowest BCUT2D eigenvalue weighted by molar-refractivity contribution is 0.393. The monoisotopic (exact) mass is 317 g/mol. The fourth-order valence-electron chi connectivity index (χ4n) is 1.64. The molecule has 0 aliphatic rings. The summed E-state index contributed by atoms with van der Waals surface area (Å²) in [5, 5.41) is 0. The lowest BCUT2D eigenvalue weighted by Gasteiger charge is -2.22. The number of hydrazine groups is 1. The molecule has 0 amide bonds. The summed E-state index contributed by atoms with van der Waals surface area (Å²) < 4.78 is 2.26. The number of hydrogen-bond donors (Lipinski definition) is 4. The second kappa shape index (κ2) is 5.83. The molecule has 0 radical (unpaired) electrons. The third kappa shape index (κ3) is 2.74. The average molecular weight is 318 g/mol. The topological polar surface area (TPSA) is 112 Å². The van der Waals surface area contributed by atoms with Gasteiger partial charge in [-0.15, -0.1) is 0 Å². The Balaban J connectivity index is 3.49. The molecule has 0 aromatic carbocycles. The van der Waals surface area contributed by atoms with Crippen LogP contribution in [0.1, 0.15) is 38.5 Å². The molecule has 2 atom stereocenters. The lowest BCUT2D eigenvalue weighted by Crippen LogP contribution is -2.41. The summed E-state index contributed by atoms with van der Waals surface area (Å²) in [7, 11) is 0. The van der Waals surface area contributed by atoms with E-state index < -0.39 is 6.17 Å². The number of pyridine rings is 1. The zero-order chi connectivity index (χ0) is 14.0. The van der Waals surface area contributed by atoms with Crippen LogP contribution in [0, 0.1) is 5.92 Å². The number of nitrogens with one attached hydrogen (secondary N) is 1. The average Bonchev–Trinajstić information content (AvgIpc) is 2.32. The first kappa shape index (κ1) is 15.2. The van der Waals surface area contributed by atoms with Crippen LogP contribution < -0.4 is 28.3 Å². The smallest absolute Gasteiger partial charge is 0.259 e. The van der Waals surface area contributed by atoms with Gasteiger partial charge < -0.3 is 16.0 Å². The minimum atomic E-state index is -0.791. The number of nitrogens with two attached hydrogens (primary N) is 3. The van der Waals surface area contributed by atoms with Crippen molar-refractivity contribution in [1.29, 1.82) is 0 Å². The molecule has 102 valence electrons. The largest absolute Gasteiger partial charge is 0.397 e. The molecule has 7 N–H and O–H groups in total. The fraction of sp³-hybridized carbons (Fsp3) is 0.545. The first-order valence-electron chi connectivity index (χ1n) is 5.73. The van der Waals surface area contributed by atoms with E-state index in [2.05, 4.69) is 21.4 Å². The van der Waals surface area contributed by atoms with E-state index in [4.69, 9.17) is 17.3 Å². The van der Waals surface area contributed by atoms with E-state index in [1.54, 1.807) is 10.8 Å². The molecule has 1 aromatic rings. The molecule has 0 bridgehead atoms. The van der Waals surface area contributed by atoms with Crippen LogP contribution in [0.4, 0.5) is 5.69 Å². The van der Waals surface area contributed by atoms with E-state index in [0.717, 1.165) is 0 Å². The Morgan fingerprint density at radius 1 is 1.39 bits per heavy atom. The van der Waals surface area contributed by atoms with Gasteiger partial charge in [-0.3, -0.25) is 10.6 Å². The molecule has 0 spiro atoms. The van der Waals surface area contributed by atoms with Gasteiger partial charge >= 0.3 is 0 Å². The lowest BCUT2D eigenvalue weighted by atomic mass is 10.1. The first-order chi connectivity index (χ1) is 8.31. The molecule has 0 aliphatic heterocycles. The predicted molar refractivity (Wildman–Crippen MR) is 76.6 cm³/mol. The molecular formula is C11H20BrN5O. The number of nitrogen functional groups attached to an aromatic ring is 1. The van der Waals surface area contributed by atoms with Crippen molar-refractivity contribution in [3.8, 4) is 0 Å². The third-order valence-electron chi connectivity index (χ3n) is 3.16. The highest BCUT2D eigenvalue weighted by Crippen LogP contribution is 2.25. The molecule has 0 saturated carbocycles. The first-order valence-corrected chi connectivity index (χ1v) is 6.52. The van der Waals surface area contributed by atoms with Gasteiger partial charge in [0.15, 0.2) is 0 Å². The summed E-state index contributed by atoms with van der Waals surface area (Å²) >= 11 is 3.34. The maximum Gasteiger partial charge on any atom is 0.259 e. The van der Waals surface area contributed by atoms with Crippen LogP contribution in [0.25, 0.3) is 0 Å². The van der Waals surface area contributed by atoms with Gasteiger partial charge in [0.1, 0.15) is 6.17 Å². The zero-order valence-corrected chi connectivity index (χ0v) is 12.4. The SMILES string of the molecule is CC(C)[C@H](C)n1cc(Br)c(N)c(C(N)NN)c1=O. The van der Waals surface area contributed by atoms with E-state index in [1.807, 2.05) is 20.8 Å². The molecule has 6 nitrogen and oxygen atoms in total. The van der Waals surface area contributed by atoms with E-state index in [1.165, 1.54) is 0 Å². The second-order valence-electron chi connectivity index (χ2n) is 4.65. The van der Waals surface area contributed by atoms with Gasteiger partial charge in [0.25, 0.3) is 5.56 Å². The van der Waals surface area contributed by atoms with Gasteiger partial charge in [0, 0.05) is 12.2 Å². The van der Waals surface area contributed by atoms with Crippen molar-refractivity contribution in [2.75, 3.05) is 5.73 Å². The highest BCUT2D eigenvalue weighted by atomic mass is 79.9. The summed E-state index contributed by atoms with van der Waals surface area (Å²) in [6.07, 6.45) is 0.898. The second-order valence-corrected chi connectivity index (χ2v) is 5.50. The summed E-state index contributed by atoms with van der Waals surface area (Å²) in [6, 6.07) is 0.0399. The number of nitrogens with zero attached hydrogens (tertiary/aromatic N) is 1. The van der Waals surface area contributed by atoms with Crippen molar-refractivity contribution in [2.45, 2.75) is 33.0 Å².